The Hall–Kier alpha value is -3.62. The van der Waals surface area contributed by atoms with Gasteiger partial charge in [0.15, 0.2) is 0 Å². The van der Waals surface area contributed by atoms with Gasteiger partial charge < -0.3 is 62.1 Å². The first-order chi connectivity index (χ1) is 34.2. The monoisotopic (exact) mass is 1020 g/mol. The zero-order valence-electron chi connectivity index (χ0n) is 45.9. The molecule has 0 aromatic heterocycles. The Morgan fingerprint density at radius 3 is 1.97 bits per heavy atom. The summed E-state index contributed by atoms with van der Waals surface area (Å²) < 4.78 is 65.9. The summed E-state index contributed by atoms with van der Waals surface area (Å²) in [5, 5.41) is 11.9. The molecule has 72 heavy (non-hydrogen) atoms. The number of esters is 2. The van der Waals surface area contributed by atoms with Crippen molar-refractivity contribution < 1.29 is 76.4 Å². The van der Waals surface area contributed by atoms with Gasteiger partial charge in [-0.05, 0) is 31.8 Å². The van der Waals surface area contributed by atoms with Crippen LogP contribution in [0.4, 0.5) is 0 Å². The highest BCUT2D eigenvalue weighted by Gasteiger charge is 2.54. The zero-order chi connectivity index (χ0) is 53.9. The van der Waals surface area contributed by atoms with E-state index in [0.717, 1.165) is 0 Å². The largest absolute Gasteiger partial charge is 0.458 e. The van der Waals surface area contributed by atoms with Crippen molar-refractivity contribution >= 4 is 24.1 Å². The lowest BCUT2D eigenvalue weighted by Crippen LogP contribution is -2.50. The average Bonchev–Trinajstić information content (AvgIpc) is 4.03. The predicted molar refractivity (Wildman–Crippen MR) is 272 cm³/mol. The molecule has 17 nitrogen and oxygen atoms in total. The molecule has 3 aliphatic heterocycles. The molecule has 2 bridgehead atoms. The molecule has 3 rings (SSSR count). The molecule has 1 amide bonds. The van der Waals surface area contributed by atoms with Gasteiger partial charge in [0.05, 0.1) is 48.3 Å². The normalized spacial score (nSPS) is 34.5. The lowest BCUT2D eigenvalue weighted by Gasteiger charge is -2.39. The number of amides is 1. The molecule has 19 unspecified atom stereocenters. The summed E-state index contributed by atoms with van der Waals surface area (Å²) in [6.07, 6.45) is 11.8. The third-order valence-corrected chi connectivity index (χ3v) is 15.2. The van der Waals surface area contributed by atoms with Gasteiger partial charge in [0.25, 0.3) is 0 Å². The van der Waals surface area contributed by atoms with Crippen molar-refractivity contribution in [1.29, 1.82) is 0 Å². The molecule has 0 spiro atoms. The highest BCUT2D eigenvalue weighted by molar-refractivity contribution is 5.84. The zero-order valence-corrected chi connectivity index (χ0v) is 45.9. The van der Waals surface area contributed by atoms with Crippen molar-refractivity contribution in [2.45, 2.75) is 166 Å². The van der Waals surface area contributed by atoms with Gasteiger partial charge in [-0.25, -0.2) is 9.59 Å². The molecular formula is C55H89NO16. The number of cyclic esters (lactones) is 1. The van der Waals surface area contributed by atoms with Crippen molar-refractivity contribution in [2.75, 3.05) is 63.9 Å². The van der Waals surface area contributed by atoms with Crippen LogP contribution in [-0.2, 0) is 71.3 Å². The molecule has 0 saturated carbocycles. The summed E-state index contributed by atoms with van der Waals surface area (Å²) in [7, 11) is 14.4. The molecule has 0 aromatic rings. The Labute approximate surface area is 429 Å². The van der Waals surface area contributed by atoms with Gasteiger partial charge in [0.1, 0.15) is 36.3 Å². The number of ketones is 1. The summed E-state index contributed by atoms with van der Waals surface area (Å²) in [4.78, 5) is 53.1. The molecule has 19 atom stereocenters. The van der Waals surface area contributed by atoms with Gasteiger partial charge in [-0.2, -0.15) is 0 Å². The minimum absolute atomic E-state index is 0.0513. The maximum Gasteiger partial charge on any atom is 0.331 e. The quantitative estimate of drug-likeness (QED) is 0.0608. The summed E-state index contributed by atoms with van der Waals surface area (Å²) in [5.41, 5.74) is -0.479. The van der Waals surface area contributed by atoms with Gasteiger partial charge in [-0.15, -0.1) is 0 Å². The first-order valence-electron chi connectivity index (χ1n) is 25.3. The van der Waals surface area contributed by atoms with E-state index in [1.807, 2.05) is 71.9 Å². The maximum absolute atomic E-state index is 13.9. The van der Waals surface area contributed by atoms with E-state index in [1.165, 1.54) is 31.3 Å². The average molecular weight is 1020 g/mol. The highest BCUT2D eigenvalue weighted by atomic mass is 16.6. The van der Waals surface area contributed by atoms with Crippen LogP contribution in [0.1, 0.15) is 87.0 Å². The summed E-state index contributed by atoms with van der Waals surface area (Å²) in [6.45, 7) is 13.7. The van der Waals surface area contributed by atoms with Crippen LogP contribution >= 0.6 is 0 Å². The number of nitrogens with zero attached hydrogens (tertiary/aromatic N) is 1. The molecule has 0 radical (unpaired) electrons. The Bertz CT molecular complexity index is 1840. The number of carbonyl (C=O) groups is 4. The first kappa shape index (κ1) is 62.7. The third-order valence-electron chi connectivity index (χ3n) is 15.2. The van der Waals surface area contributed by atoms with E-state index >= 15 is 0 Å². The first-order valence-corrected chi connectivity index (χ1v) is 25.3. The lowest BCUT2D eigenvalue weighted by atomic mass is 9.81. The smallest absolute Gasteiger partial charge is 0.331 e. The third kappa shape index (κ3) is 17.8. The number of methoxy groups -OCH3 is 8. The number of rotatable bonds is 20. The summed E-state index contributed by atoms with van der Waals surface area (Å²) in [5.74, 6) is -2.84. The molecule has 3 heterocycles. The van der Waals surface area contributed by atoms with Crippen LogP contribution in [-0.4, -0.2) is 177 Å². The van der Waals surface area contributed by atoms with Crippen LogP contribution in [0.5, 0.6) is 0 Å². The van der Waals surface area contributed by atoms with Crippen LogP contribution in [0.2, 0.25) is 0 Å². The minimum Gasteiger partial charge on any atom is -0.458 e. The second kappa shape index (κ2) is 30.7. The van der Waals surface area contributed by atoms with Gasteiger partial charge in [-0.3, -0.25) is 9.59 Å². The lowest BCUT2D eigenvalue weighted by molar-refractivity contribution is -0.162. The molecular weight excluding hydrogens is 931 g/mol. The van der Waals surface area contributed by atoms with Crippen molar-refractivity contribution in [1.82, 2.24) is 4.90 Å². The van der Waals surface area contributed by atoms with E-state index in [0.29, 0.717) is 44.1 Å². The maximum atomic E-state index is 13.9. The molecule has 0 aliphatic carbocycles. The van der Waals surface area contributed by atoms with E-state index < -0.39 is 78.4 Å². The van der Waals surface area contributed by atoms with Crippen molar-refractivity contribution in [3.8, 4) is 0 Å². The van der Waals surface area contributed by atoms with Crippen LogP contribution in [0, 0.1) is 35.5 Å². The van der Waals surface area contributed by atoms with E-state index in [2.05, 4.69) is 6.92 Å². The molecule has 3 aliphatic rings. The molecule has 1 N–H and O–H groups in total. The number of carbonyl (C=O) groups excluding carboxylic acids is 4. The second-order valence-corrected chi connectivity index (χ2v) is 20.1. The van der Waals surface area contributed by atoms with Crippen LogP contribution in [0.15, 0.2) is 60.4 Å². The number of hydrogen-bond acceptors (Lipinski definition) is 16. The summed E-state index contributed by atoms with van der Waals surface area (Å²) >= 11 is 0. The molecule has 1 saturated heterocycles. The second-order valence-electron chi connectivity index (χ2n) is 20.1. The van der Waals surface area contributed by atoms with Crippen molar-refractivity contribution in [3.63, 3.8) is 0 Å². The fourth-order valence-electron chi connectivity index (χ4n) is 10.3. The SMILES string of the molecule is COC1C=CC(C)C(C(C)C(OC)C(C)CCC(=O)C(C)C(CC=CN(C)C=O)OC)OC(=O)C=CC2OC2(C)CC(OC)C(OC)C2=CC(=O)OC(C2O)C(C)C(OC)CC(OC)C=CC(C)C(OC)C1. The number of fused-ring (bicyclic) bond motifs is 3. The predicted octanol–water partition coefficient (Wildman–Crippen LogP) is 6.40. The number of Topliss-reactive ketones (excluding diaryl/α,β-unsaturated/α-hetero) is 1. The Morgan fingerprint density at radius 2 is 1.42 bits per heavy atom. The molecule has 0 aromatic carbocycles. The highest BCUT2D eigenvalue weighted by Crippen LogP contribution is 2.44. The van der Waals surface area contributed by atoms with Crippen LogP contribution in [0.25, 0.3) is 0 Å². The Kier molecular flexibility index (Phi) is 26.7. The Balaban J connectivity index is 2.00. The number of hydrogen-bond donors (Lipinski definition) is 1. The van der Waals surface area contributed by atoms with Crippen LogP contribution < -0.4 is 0 Å². The van der Waals surface area contributed by atoms with Gasteiger partial charge >= 0.3 is 11.9 Å². The topological polar surface area (TPSA) is 197 Å². The molecule has 1 fully saturated rings. The molecule has 17 heteroatoms. The standard InChI is InChI=1S/C55H89NO16/c1-33-19-22-40(63-10)29-45(66-13)37(5)53-50(61)41(30-49(60)71-53)54(69-16)46(67-14)31-55(7)47(72-55)25-26-48(59)70-52(35(3)20-23-39(62-9)28-44(33)65-12)38(6)51(68-15)34(2)21-24-42(58)36(4)43(64-11)18-17-27-56(8)32-57/h17,19-20,22-23,25-27,30,32-40,43-47,50-54,61H,18,21,24,28-29,31H2,1-16H3. The number of aliphatic hydroxyl groups excluding tert-OH is 1. The van der Waals surface area contributed by atoms with E-state index in [4.69, 9.17) is 52.1 Å². The fraction of sp³-hybridized carbons (Fsp3) is 0.745. The summed E-state index contributed by atoms with van der Waals surface area (Å²) in [6, 6.07) is 0. The van der Waals surface area contributed by atoms with Crippen molar-refractivity contribution in [3.05, 3.63) is 60.4 Å². The number of ether oxygens (including phenoxy) is 11. The molecule has 410 valence electrons. The van der Waals surface area contributed by atoms with Crippen molar-refractivity contribution in [2.24, 2.45) is 35.5 Å². The number of aliphatic hydroxyl groups is 1. The van der Waals surface area contributed by atoms with Gasteiger partial charge in [0, 0.05) is 143 Å². The van der Waals surface area contributed by atoms with Gasteiger partial charge in [-0.1, -0.05) is 71.9 Å². The minimum atomic E-state index is -1.24. The Morgan fingerprint density at radius 1 is 0.806 bits per heavy atom. The van der Waals surface area contributed by atoms with E-state index in [9.17, 15) is 24.3 Å². The van der Waals surface area contributed by atoms with Gasteiger partial charge in [0.2, 0.25) is 6.41 Å². The van der Waals surface area contributed by atoms with E-state index in [1.54, 1.807) is 62.0 Å². The van der Waals surface area contributed by atoms with E-state index in [-0.39, 0.29) is 60.1 Å². The number of epoxide rings is 1. The van der Waals surface area contributed by atoms with Crippen LogP contribution in [0.3, 0.4) is 0 Å². The fourth-order valence-corrected chi connectivity index (χ4v) is 10.3.